The summed E-state index contributed by atoms with van der Waals surface area (Å²) in [5.74, 6) is -0.314. The first-order valence-electron chi connectivity index (χ1n) is 5.21. The average molecular weight is 189 g/mol. The van der Waals surface area contributed by atoms with Gasteiger partial charge in [0.2, 0.25) is 6.43 Å². The number of alkyl halides is 2. The zero-order chi connectivity index (χ0) is 9.31. The molecule has 3 heteroatoms. The molecule has 0 aromatic rings. The molecular formula is C10H17F2N. The van der Waals surface area contributed by atoms with Crippen molar-refractivity contribution in [3.63, 3.8) is 0 Å². The Morgan fingerprint density at radius 3 is 2.31 bits per heavy atom. The van der Waals surface area contributed by atoms with Crippen LogP contribution in [0.1, 0.15) is 32.1 Å². The summed E-state index contributed by atoms with van der Waals surface area (Å²) in [7, 11) is 0. The molecule has 2 fully saturated rings. The van der Waals surface area contributed by atoms with E-state index in [-0.39, 0.29) is 5.92 Å². The summed E-state index contributed by atoms with van der Waals surface area (Å²) in [4.78, 5) is 0. The number of halogens is 2. The van der Waals surface area contributed by atoms with Crippen LogP contribution in [0.5, 0.6) is 0 Å². The van der Waals surface area contributed by atoms with Gasteiger partial charge in [-0.15, -0.1) is 0 Å². The molecule has 1 saturated carbocycles. The first-order valence-corrected chi connectivity index (χ1v) is 5.21. The SMILES string of the molecule is FC(F)C1CCC2(CCNC2)CC1. The molecule has 1 saturated heterocycles. The number of nitrogens with one attached hydrogen (secondary N) is 1. The summed E-state index contributed by atoms with van der Waals surface area (Å²) in [6, 6.07) is 0. The molecule has 76 valence electrons. The van der Waals surface area contributed by atoms with E-state index in [1.807, 2.05) is 0 Å². The van der Waals surface area contributed by atoms with Gasteiger partial charge in [-0.3, -0.25) is 0 Å². The summed E-state index contributed by atoms with van der Waals surface area (Å²) in [5, 5.41) is 3.34. The Kier molecular flexibility index (Phi) is 2.54. The Hall–Kier alpha value is -0.180. The lowest BCUT2D eigenvalue weighted by molar-refractivity contribution is 0.0290. The monoisotopic (exact) mass is 189 g/mol. The first-order chi connectivity index (χ1) is 6.22. The van der Waals surface area contributed by atoms with Crippen molar-refractivity contribution in [1.29, 1.82) is 0 Å². The van der Waals surface area contributed by atoms with Gasteiger partial charge in [-0.1, -0.05) is 0 Å². The third-order valence-corrected chi connectivity index (χ3v) is 3.78. The van der Waals surface area contributed by atoms with E-state index in [2.05, 4.69) is 5.32 Å². The van der Waals surface area contributed by atoms with Gasteiger partial charge in [-0.2, -0.15) is 0 Å². The van der Waals surface area contributed by atoms with Crippen LogP contribution in [-0.4, -0.2) is 19.5 Å². The normalized spacial score (nSPS) is 40.4. The zero-order valence-corrected chi connectivity index (χ0v) is 7.86. The predicted molar refractivity (Wildman–Crippen MR) is 47.9 cm³/mol. The largest absolute Gasteiger partial charge is 0.316 e. The van der Waals surface area contributed by atoms with E-state index in [1.54, 1.807) is 0 Å². The Morgan fingerprint density at radius 2 is 1.85 bits per heavy atom. The van der Waals surface area contributed by atoms with Gasteiger partial charge < -0.3 is 5.32 Å². The molecule has 2 rings (SSSR count). The second-order valence-electron chi connectivity index (χ2n) is 4.60. The van der Waals surface area contributed by atoms with Crippen LogP contribution < -0.4 is 5.32 Å². The van der Waals surface area contributed by atoms with Crippen molar-refractivity contribution in [3.05, 3.63) is 0 Å². The maximum absolute atomic E-state index is 12.4. The minimum Gasteiger partial charge on any atom is -0.316 e. The van der Waals surface area contributed by atoms with Gasteiger partial charge in [0.25, 0.3) is 0 Å². The van der Waals surface area contributed by atoms with E-state index in [0.29, 0.717) is 5.41 Å². The van der Waals surface area contributed by atoms with Crippen LogP contribution in [-0.2, 0) is 0 Å². The highest BCUT2D eigenvalue weighted by Gasteiger charge is 2.39. The highest BCUT2D eigenvalue weighted by atomic mass is 19.3. The lowest BCUT2D eigenvalue weighted by Gasteiger charge is -2.36. The maximum atomic E-state index is 12.4. The van der Waals surface area contributed by atoms with Gasteiger partial charge in [0.05, 0.1) is 0 Å². The fourth-order valence-corrected chi connectivity index (χ4v) is 2.73. The molecule has 0 aromatic heterocycles. The van der Waals surface area contributed by atoms with E-state index in [9.17, 15) is 8.78 Å². The smallest absolute Gasteiger partial charge is 0.241 e. The molecule has 1 heterocycles. The molecule has 0 bridgehead atoms. The molecule has 1 aliphatic heterocycles. The Morgan fingerprint density at radius 1 is 1.15 bits per heavy atom. The fourth-order valence-electron chi connectivity index (χ4n) is 2.73. The van der Waals surface area contributed by atoms with Crippen molar-refractivity contribution in [1.82, 2.24) is 5.32 Å². The van der Waals surface area contributed by atoms with Crippen LogP contribution >= 0.6 is 0 Å². The molecule has 1 aliphatic carbocycles. The summed E-state index contributed by atoms with van der Waals surface area (Å²) >= 11 is 0. The second kappa shape index (κ2) is 3.52. The van der Waals surface area contributed by atoms with Crippen LogP contribution in [0.15, 0.2) is 0 Å². The third-order valence-electron chi connectivity index (χ3n) is 3.78. The highest BCUT2D eigenvalue weighted by Crippen LogP contribution is 2.44. The van der Waals surface area contributed by atoms with Crippen LogP contribution in [0, 0.1) is 11.3 Å². The molecule has 1 N–H and O–H groups in total. The van der Waals surface area contributed by atoms with E-state index in [4.69, 9.17) is 0 Å². The molecule has 0 aromatic carbocycles. The molecule has 0 atom stereocenters. The van der Waals surface area contributed by atoms with E-state index < -0.39 is 6.43 Å². The maximum Gasteiger partial charge on any atom is 0.241 e. The van der Waals surface area contributed by atoms with Crippen molar-refractivity contribution in [2.75, 3.05) is 13.1 Å². The average Bonchev–Trinajstić information content (AvgIpc) is 2.54. The van der Waals surface area contributed by atoms with Crippen molar-refractivity contribution in [2.45, 2.75) is 38.5 Å². The van der Waals surface area contributed by atoms with Crippen LogP contribution in [0.25, 0.3) is 0 Å². The van der Waals surface area contributed by atoms with Crippen molar-refractivity contribution >= 4 is 0 Å². The van der Waals surface area contributed by atoms with Gasteiger partial charge in [-0.05, 0) is 44.1 Å². The fraction of sp³-hybridized carbons (Fsp3) is 1.00. The third kappa shape index (κ3) is 1.85. The Labute approximate surface area is 77.9 Å². The predicted octanol–water partition coefficient (Wildman–Crippen LogP) is 2.42. The van der Waals surface area contributed by atoms with Crippen molar-refractivity contribution in [3.8, 4) is 0 Å². The van der Waals surface area contributed by atoms with Crippen LogP contribution in [0.4, 0.5) is 8.78 Å². The number of hydrogen-bond acceptors (Lipinski definition) is 1. The molecule has 1 nitrogen and oxygen atoms in total. The lowest BCUT2D eigenvalue weighted by atomic mass is 9.70. The zero-order valence-electron chi connectivity index (χ0n) is 7.86. The Balaban J connectivity index is 1.88. The topological polar surface area (TPSA) is 12.0 Å². The number of rotatable bonds is 1. The van der Waals surface area contributed by atoms with Gasteiger partial charge in [-0.25, -0.2) is 8.78 Å². The molecule has 1 spiro atoms. The first kappa shape index (κ1) is 9.38. The minimum atomic E-state index is -2.09. The highest BCUT2D eigenvalue weighted by molar-refractivity contribution is 4.92. The lowest BCUT2D eigenvalue weighted by Crippen LogP contribution is -2.31. The second-order valence-corrected chi connectivity index (χ2v) is 4.60. The summed E-state index contributed by atoms with van der Waals surface area (Å²) in [6.45, 7) is 2.14. The van der Waals surface area contributed by atoms with Gasteiger partial charge in [0.15, 0.2) is 0 Å². The quantitative estimate of drug-likeness (QED) is 0.668. The van der Waals surface area contributed by atoms with Crippen LogP contribution in [0.3, 0.4) is 0 Å². The van der Waals surface area contributed by atoms with Gasteiger partial charge >= 0.3 is 0 Å². The van der Waals surface area contributed by atoms with Crippen molar-refractivity contribution in [2.24, 2.45) is 11.3 Å². The van der Waals surface area contributed by atoms with E-state index in [1.165, 1.54) is 6.42 Å². The van der Waals surface area contributed by atoms with Gasteiger partial charge in [0, 0.05) is 12.5 Å². The standard InChI is InChI=1S/C10H17F2N/c11-9(12)8-1-3-10(4-2-8)5-6-13-7-10/h8-9,13H,1-7H2. The molecule has 0 amide bonds. The number of hydrogen-bond donors (Lipinski definition) is 1. The van der Waals surface area contributed by atoms with E-state index >= 15 is 0 Å². The summed E-state index contributed by atoms with van der Waals surface area (Å²) < 4.78 is 24.8. The van der Waals surface area contributed by atoms with Gasteiger partial charge in [0.1, 0.15) is 0 Å². The molecular weight excluding hydrogens is 172 g/mol. The minimum absolute atomic E-state index is 0.314. The summed E-state index contributed by atoms with van der Waals surface area (Å²) in [6.07, 6.45) is 2.60. The van der Waals surface area contributed by atoms with Crippen LogP contribution in [0.2, 0.25) is 0 Å². The Bertz CT molecular complexity index is 166. The van der Waals surface area contributed by atoms with E-state index in [0.717, 1.165) is 38.8 Å². The molecule has 0 radical (unpaired) electrons. The van der Waals surface area contributed by atoms with Crippen molar-refractivity contribution < 1.29 is 8.78 Å². The summed E-state index contributed by atoms with van der Waals surface area (Å²) in [5.41, 5.74) is 0.394. The molecule has 13 heavy (non-hydrogen) atoms. The molecule has 2 aliphatic rings. The molecule has 0 unspecified atom stereocenters.